The van der Waals surface area contributed by atoms with E-state index < -0.39 is 0 Å². The molecule has 0 saturated heterocycles. The lowest BCUT2D eigenvalue weighted by molar-refractivity contribution is 0.743. The number of aryl methyl sites for hydroxylation is 2. The average Bonchev–Trinajstić information content (AvgIpc) is 3.09. The van der Waals surface area contributed by atoms with E-state index in [1.54, 1.807) is 0 Å². The number of anilines is 1. The van der Waals surface area contributed by atoms with Crippen molar-refractivity contribution in [3.05, 3.63) is 39.9 Å². The lowest BCUT2D eigenvalue weighted by Gasteiger charge is -2.26. The highest BCUT2D eigenvalue weighted by Gasteiger charge is 2.17. The number of hydrogen-bond donors (Lipinski definition) is 0. The Morgan fingerprint density at radius 1 is 1.19 bits per heavy atom. The van der Waals surface area contributed by atoms with E-state index in [9.17, 15) is 0 Å². The van der Waals surface area contributed by atoms with Crippen LogP contribution in [0.5, 0.6) is 0 Å². The van der Waals surface area contributed by atoms with Crippen LogP contribution in [0.2, 0.25) is 0 Å². The summed E-state index contributed by atoms with van der Waals surface area (Å²) >= 11 is 1.81. The van der Waals surface area contributed by atoms with Crippen LogP contribution in [-0.2, 0) is 12.8 Å². The molecule has 3 heterocycles. The normalized spacial score (nSPS) is 15.1. The van der Waals surface area contributed by atoms with E-state index in [2.05, 4.69) is 52.5 Å². The monoisotopic (exact) mass is 300 g/mol. The maximum absolute atomic E-state index is 4.70. The van der Waals surface area contributed by atoms with Gasteiger partial charge in [0.25, 0.3) is 0 Å². The van der Waals surface area contributed by atoms with Crippen molar-refractivity contribution in [2.45, 2.75) is 33.1 Å². The molecule has 0 saturated carbocycles. The molecule has 3 rings (SSSR count). The summed E-state index contributed by atoms with van der Waals surface area (Å²) in [6, 6.07) is 4.30. The number of thiophene rings is 1. The van der Waals surface area contributed by atoms with Crippen LogP contribution in [0.3, 0.4) is 0 Å². The van der Waals surface area contributed by atoms with Crippen LogP contribution in [0.25, 0.3) is 5.57 Å². The smallest absolute Gasteiger partial charge is 0.245 e. The average molecular weight is 300 g/mol. The quantitative estimate of drug-likeness (QED) is 0.868. The summed E-state index contributed by atoms with van der Waals surface area (Å²) in [4.78, 5) is 8.29. The molecule has 0 atom stereocenters. The van der Waals surface area contributed by atoms with Crippen LogP contribution in [0, 0.1) is 0 Å². The Morgan fingerprint density at radius 2 is 2.05 bits per heavy atom. The molecular weight excluding hydrogens is 280 g/mol. The van der Waals surface area contributed by atoms with Crippen molar-refractivity contribution in [2.24, 2.45) is 0 Å². The summed E-state index contributed by atoms with van der Waals surface area (Å²) in [5.74, 6) is 0.769. The van der Waals surface area contributed by atoms with Gasteiger partial charge in [-0.1, -0.05) is 26.0 Å². The zero-order chi connectivity index (χ0) is 14.7. The second-order valence-corrected chi connectivity index (χ2v) is 6.06. The first-order valence-corrected chi connectivity index (χ1v) is 8.40. The maximum atomic E-state index is 4.70. The van der Waals surface area contributed by atoms with Gasteiger partial charge in [0.05, 0.1) is 11.4 Å². The first-order chi connectivity index (χ1) is 10.3. The molecule has 2 aromatic rings. The lowest BCUT2D eigenvalue weighted by Crippen LogP contribution is -2.30. The molecule has 0 spiro atoms. The molecule has 0 aliphatic carbocycles. The highest BCUT2D eigenvalue weighted by atomic mass is 32.1. The summed E-state index contributed by atoms with van der Waals surface area (Å²) in [7, 11) is 0. The highest BCUT2D eigenvalue weighted by Crippen LogP contribution is 2.27. The molecule has 0 N–H and O–H groups in total. The van der Waals surface area contributed by atoms with Gasteiger partial charge >= 0.3 is 0 Å². The summed E-state index contributed by atoms with van der Waals surface area (Å²) in [6.45, 7) is 6.04. The number of rotatable bonds is 4. The number of nitrogens with zero attached hydrogens (tertiary/aromatic N) is 4. The summed E-state index contributed by atoms with van der Waals surface area (Å²) in [5, 5.41) is 10.8. The van der Waals surface area contributed by atoms with Gasteiger partial charge in [0.1, 0.15) is 0 Å². The Hall–Kier alpha value is -1.75. The molecule has 2 aromatic heterocycles. The van der Waals surface area contributed by atoms with Crippen molar-refractivity contribution in [3.8, 4) is 0 Å². The van der Waals surface area contributed by atoms with Crippen LogP contribution in [0.4, 0.5) is 5.95 Å². The molecular formula is C16H20N4S. The van der Waals surface area contributed by atoms with Gasteiger partial charge in [0.2, 0.25) is 5.95 Å². The SMILES string of the molecule is CCc1nnc(N2CC=C(c3cccs3)CC2)nc1CC. The fourth-order valence-electron chi connectivity index (χ4n) is 2.60. The van der Waals surface area contributed by atoms with Gasteiger partial charge in [-0.2, -0.15) is 5.10 Å². The van der Waals surface area contributed by atoms with Crippen molar-refractivity contribution in [1.82, 2.24) is 15.2 Å². The van der Waals surface area contributed by atoms with Gasteiger partial charge < -0.3 is 4.90 Å². The lowest BCUT2D eigenvalue weighted by atomic mass is 10.1. The Kier molecular flexibility index (Phi) is 4.29. The van der Waals surface area contributed by atoms with Crippen molar-refractivity contribution in [1.29, 1.82) is 0 Å². The van der Waals surface area contributed by atoms with E-state index in [4.69, 9.17) is 4.98 Å². The molecule has 4 nitrogen and oxygen atoms in total. The molecule has 0 aromatic carbocycles. The molecule has 1 aliphatic rings. The minimum absolute atomic E-state index is 0.769. The van der Waals surface area contributed by atoms with Crippen molar-refractivity contribution in [3.63, 3.8) is 0 Å². The van der Waals surface area contributed by atoms with Crippen molar-refractivity contribution in [2.75, 3.05) is 18.0 Å². The zero-order valence-electron chi connectivity index (χ0n) is 12.5. The van der Waals surface area contributed by atoms with E-state index in [1.165, 1.54) is 10.5 Å². The van der Waals surface area contributed by atoms with E-state index >= 15 is 0 Å². The molecule has 110 valence electrons. The molecule has 0 unspecified atom stereocenters. The first kappa shape index (κ1) is 14.2. The largest absolute Gasteiger partial charge is 0.335 e. The zero-order valence-corrected chi connectivity index (χ0v) is 13.4. The third kappa shape index (κ3) is 2.97. The predicted octanol–water partition coefficient (Wildman–Crippen LogP) is 3.35. The summed E-state index contributed by atoms with van der Waals surface area (Å²) in [6.07, 6.45) is 5.14. The second-order valence-electron chi connectivity index (χ2n) is 5.11. The molecule has 5 heteroatoms. The van der Waals surface area contributed by atoms with Crippen molar-refractivity contribution < 1.29 is 0 Å². The summed E-state index contributed by atoms with van der Waals surface area (Å²) < 4.78 is 0. The predicted molar refractivity (Wildman–Crippen MR) is 87.7 cm³/mol. The summed E-state index contributed by atoms with van der Waals surface area (Å²) in [5.41, 5.74) is 3.54. The minimum atomic E-state index is 0.769. The van der Waals surface area contributed by atoms with E-state index in [1.807, 2.05) is 11.3 Å². The molecule has 1 aliphatic heterocycles. The van der Waals surface area contributed by atoms with Crippen LogP contribution in [0.15, 0.2) is 23.6 Å². The van der Waals surface area contributed by atoms with Gasteiger partial charge in [-0.3, -0.25) is 0 Å². The van der Waals surface area contributed by atoms with E-state index in [0.717, 1.165) is 49.7 Å². The fraction of sp³-hybridized carbons (Fsp3) is 0.438. The number of aromatic nitrogens is 3. The Morgan fingerprint density at radius 3 is 2.67 bits per heavy atom. The topological polar surface area (TPSA) is 41.9 Å². The fourth-order valence-corrected chi connectivity index (χ4v) is 3.40. The Bertz CT molecular complexity index is 634. The van der Waals surface area contributed by atoms with Gasteiger partial charge in [0.15, 0.2) is 0 Å². The molecule has 0 bridgehead atoms. The maximum Gasteiger partial charge on any atom is 0.245 e. The molecule has 21 heavy (non-hydrogen) atoms. The number of hydrogen-bond acceptors (Lipinski definition) is 5. The van der Waals surface area contributed by atoms with Crippen LogP contribution >= 0.6 is 11.3 Å². The van der Waals surface area contributed by atoms with E-state index in [0.29, 0.717) is 0 Å². The Labute approximate surface area is 129 Å². The van der Waals surface area contributed by atoms with Gasteiger partial charge in [0, 0.05) is 18.0 Å². The van der Waals surface area contributed by atoms with Crippen LogP contribution in [0.1, 0.15) is 36.5 Å². The van der Waals surface area contributed by atoms with Gasteiger partial charge in [-0.05, 0) is 36.3 Å². The minimum Gasteiger partial charge on any atom is -0.335 e. The van der Waals surface area contributed by atoms with E-state index in [-0.39, 0.29) is 0 Å². The molecule has 0 radical (unpaired) electrons. The third-order valence-corrected chi connectivity index (χ3v) is 4.77. The molecule has 0 fully saturated rings. The third-order valence-electron chi connectivity index (χ3n) is 3.83. The second kappa shape index (κ2) is 6.35. The molecule has 0 amide bonds. The van der Waals surface area contributed by atoms with Crippen LogP contribution in [-0.4, -0.2) is 28.3 Å². The standard InChI is InChI=1S/C16H20N4S/c1-3-13-14(4-2)18-19-16(17-13)20-9-7-12(8-10-20)15-6-5-11-21-15/h5-7,11H,3-4,8-10H2,1-2H3. The van der Waals surface area contributed by atoms with Crippen LogP contribution < -0.4 is 4.90 Å². The Balaban J connectivity index is 1.77. The first-order valence-electron chi connectivity index (χ1n) is 7.52. The van der Waals surface area contributed by atoms with Gasteiger partial charge in [-0.25, -0.2) is 4.98 Å². The van der Waals surface area contributed by atoms with Gasteiger partial charge in [-0.15, -0.1) is 16.4 Å². The highest BCUT2D eigenvalue weighted by molar-refractivity contribution is 7.11. The van der Waals surface area contributed by atoms with Crippen molar-refractivity contribution >= 4 is 22.9 Å².